The fourth-order valence-corrected chi connectivity index (χ4v) is 2.96. The van der Waals surface area contributed by atoms with Crippen molar-refractivity contribution in [2.24, 2.45) is 5.92 Å². The second-order valence-electron chi connectivity index (χ2n) is 6.46. The van der Waals surface area contributed by atoms with Crippen LogP contribution in [0.5, 0.6) is 0 Å². The molecule has 0 saturated carbocycles. The van der Waals surface area contributed by atoms with Gasteiger partial charge < -0.3 is 10.2 Å². The molecule has 1 aromatic heterocycles. The predicted octanol–water partition coefficient (Wildman–Crippen LogP) is 1.81. The van der Waals surface area contributed by atoms with Crippen LogP contribution in [0.15, 0.2) is 36.9 Å². The molecule has 1 aromatic carbocycles. The molecule has 3 rings (SSSR count). The lowest BCUT2D eigenvalue weighted by Crippen LogP contribution is -2.34. The van der Waals surface area contributed by atoms with Gasteiger partial charge in [-0.2, -0.15) is 0 Å². The second kappa shape index (κ2) is 7.42. The van der Waals surface area contributed by atoms with Gasteiger partial charge in [0, 0.05) is 37.6 Å². The Balaban J connectivity index is 1.56. The molecule has 1 aliphatic heterocycles. The number of nitrogens with one attached hydrogen (secondary N) is 1. The third-order valence-electron chi connectivity index (χ3n) is 4.62. The number of hydrogen-bond acceptors (Lipinski definition) is 4. The molecule has 2 amide bonds. The summed E-state index contributed by atoms with van der Waals surface area (Å²) in [5.74, 6) is -0.377. The predicted molar refractivity (Wildman–Crippen MR) is 95.1 cm³/mol. The van der Waals surface area contributed by atoms with Crippen LogP contribution in [0.25, 0.3) is 0 Å². The molecule has 2 aromatic rings. The van der Waals surface area contributed by atoms with Gasteiger partial charge in [-0.1, -0.05) is 6.07 Å². The molecule has 2 heterocycles. The molecule has 0 radical (unpaired) electrons. The van der Waals surface area contributed by atoms with Gasteiger partial charge in [0.15, 0.2) is 0 Å². The van der Waals surface area contributed by atoms with Crippen molar-refractivity contribution in [3.63, 3.8) is 0 Å². The minimum atomic E-state index is -0.305. The highest BCUT2D eigenvalue weighted by molar-refractivity contribution is 6.00. The van der Waals surface area contributed by atoms with Crippen molar-refractivity contribution in [2.45, 2.75) is 26.7 Å². The van der Waals surface area contributed by atoms with E-state index < -0.39 is 0 Å². The van der Waals surface area contributed by atoms with E-state index in [0.717, 1.165) is 16.8 Å². The van der Waals surface area contributed by atoms with Gasteiger partial charge in [0.05, 0.1) is 5.92 Å². The first-order chi connectivity index (χ1) is 12.0. The number of aryl methyl sites for hydroxylation is 2. The monoisotopic (exact) mass is 338 g/mol. The van der Waals surface area contributed by atoms with Crippen molar-refractivity contribution < 1.29 is 9.59 Å². The minimum absolute atomic E-state index is 0.000127. The number of carbonyl (C=O) groups is 2. The highest BCUT2D eigenvalue weighted by Crippen LogP contribution is 2.26. The Morgan fingerprint density at radius 2 is 2.00 bits per heavy atom. The van der Waals surface area contributed by atoms with Gasteiger partial charge in [0.2, 0.25) is 11.8 Å². The van der Waals surface area contributed by atoms with E-state index in [-0.39, 0.29) is 24.2 Å². The van der Waals surface area contributed by atoms with Crippen LogP contribution in [0.4, 0.5) is 5.69 Å². The zero-order valence-corrected chi connectivity index (χ0v) is 14.5. The van der Waals surface area contributed by atoms with Crippen LogP contribution in [-0.4, -0.2) is 34.9 Å². The van der Waals surface area contributed by atoms with E-state index in [1.54, 1.807) is 17.3 Å². The van der Waals surface area contributed by atoms with E-state index in [1.807, 2.05) is 32.0 Å². The van der Waals surface area contributed by atoms with Gasteiger partial charge in [-0.25, -0.2) is 9.97 Å². The maximum Gasteiger partial charge on any atom is 0.227 e. The molecule has 25 heavy (non-hydrogen) atoms. The van der Waals surface area contributed by atoms with E-state index in [9.17, 15) is 9.59 Å². The summed E-state index contributed by atoms with van der Waals surface area (Å²) in [6.07, 6.45) is 5.88. The number of rotatable bonds is 5. The van der Waals surface area contributed by atoms with Gasteiger partial charge in [-0.3, -0.25) is 9.59 Å². The SMILES string of the molecule is Cc1ccc(N2C[C@@H](C(=O)NCCc3cncnc3)CC2=O)cc1C. The highest BCUT2D eigenvalue weighted by Gasteiger charge is 2.35. The topological polar surface area (TPSA) is 75.2 Å². The Labute approximate surface area is 147 Å². The Hall–Kier alpha value is -2.76. The zero-order chi connectivity index (χ0) is 17.8. The van der Waals surface area contributed by atoms with Gasteiger partial charge >= 0.3 is 0 Å². The molecular formula is C19H22N4O2. The molecule has 6 nitrogen and oxygen atoms in total. The molecule has 0 aliphatic carbocycles. The Bertz CT molecular complexity index is 776. The first-order valence-electron chi connectivity index (χ1n) is 8.44. The smallest absolute Gasteiger partial charge is 0.227 e. The van der Waals surface area contributed by atoms with Crippen LogP contribution in [0.3, 0.4) is 0 Å². The fourth-order valence-electron chi connectivity index (χ4n) is 2.96. The summed E-state index contributed by atoms with van der Waals surface area (Å²) in [4.78, 5) is 34.3. The largest absolute Gasteiger partial charge is 0.355 e. The van der Waals surface area contributed by atoms with Crippen molar-refractivity contribution in [1.29, 1.82) is 0 Å². The summed E-state index contributed by atoms with van der Waals surface area (Å²) in [5.41, 5.74) is 4.17. The van der Waals surface area contributed by atoms with Crippen molar-refractivity contribution in [1.82, 2.24) is 15.3 Å². The maximum absolute atomic E-state index is 12.4. The van der Waals surface area contributed by atoms with Crippen molar-refractivity contribution in [2.75, 3.05) is 18.0 Å². The molecule has 6 heteroatoms. The van der Waals surface area contributed by atoms with E-state index in [4.69, 9.17) is 0 Å². The standard InChI is InChI=1S/C19H22N4O2/c1-13-3-4-17(7-14(13)2)23-11-16(8-18(23)24)19(25)22-6-5-15-9-20-12-21-10-15/h3-4,7,9-10,12,16H,5-6,8,11H2,1-2H3,(H,22,25)/t16-/m0/s1. The Morgan fingerprint density at radius 3 is 2.72 bits per heavy atom. The number of hydrogen-bond donors (Lipinski definition) is 1. The summed E-state index contributed by atoms with van der Waals surface area (Å²) < 4.78 is 0. The average Bonchev–Trinajstić information content (AvgIpc) is 3.00. The Morgan fingerprint density at radius 1 is 1.24 bits per heavy atom. The summed E-state index contributed by atoms with van der Waals surface area (Å²) in [7, 11) is 0. The molecule has 1 aliphatic rings. The lowest BCUT2D eigenvalue weighted by Gasteiger charge is -2.18. The van der Waals surface area contributed by atoms with Crippen LogP contribution in [-0.2, 0) is 16.0 Å². The third kappa shape index (κ3) is 4.02. The molecule has 1 saturated heterocycles. The number of benzene rings is 1. The Kier molecular flexibility index (Phi) is 5.07. The van der Waals surface area contributed by atoms with Crippen LogP contribution in [0, 0.1) is 19.8 Å². The van der Waals surface area contributed by atoms with E-state index in [0.29, 0.717) is 19.5 Å². The van der Waals surface area contributed by atoms with Crippen molar-refractivity contribution in [3.8, 4) is 0 Å². The number of nitrogens with zero attached hydrogens (tertiary/aromatic N) is 3. The lowest BCUT2D eigenvalue weighted by atomic mass is 10.1. The average molecular weight is 338 g/mol. The molecule has 130 valence electrons. The van der Waals surface area contributed by atoms with Crippen LogP contribution in [0.2, 0.25) is 0 Å². The first-order valence-corrected chi connectivity index (χ1v) is 8.44. The lowest BCUT2D eigenvalue weighted by molar-refractivity contribution is -0.126. The molecular weight excluding hydrogens is 316 g/mol. The van der Waals surface area contributed by atoms with Gasteiger partial charge in [0.25, 0.3) is 0 Å². The molecule has 0 bridgehead atoms. The number of carbonyl (C=O) groups excluding carboxylic acids is 2. The molecule has 1 N–H and O–H groups in total. The summed E-state index contributed by atoms with van der Waals surface area (Å²) >= 11 is 0. The fraction of sp³-hybridized carbons (Fsp3) is 0.368. The number of anilines is 1. The third-order valence-corrected chi connectivity index (χ3v) is 4.62. The number of aromatic nitrogens is 2. The molecule has 0 spiro atoms. The number of amides is 2. The highest BCUT2D eigenvalue weighted by atomic mass is 16.2. The van der Waals surface area contributed by atoms with Crippen LogP contribution < -0.4 is 10.2 Å². The maximum atomic E-state index is 12.4. The van der Waals surface area contributed by atoms with Crippen LogP contribution >= 0.6 is 0 Å². The summed E-state index contributed by atoms with van der Waals surface area (Å²) in [6.45, 7) is 5.01. The van der Waals surface area contributed by atoms with E-state index in [2.05, 4.69) is 15.3 Å². The molecule has 1 fully saturated rings. The van der Waals surface area contributed by atoms with Crippen LogP contribution in [0.1, 0.15) is 23.1 Å². The van der Waals surface area contributed by atoms with Crippen molar-refractivity contribution >= 4 is 17.5 Å². The van der Waals surface area contributed by atoms with E-state index >= 15 is 0 Å². The van der Waals surface area contributed by atoms with Gasteiger partial charge in [0.1, 0.15) is 6.33 Å². The summed E-state index contributed by atoms with van der Waals surface area (Å²) in [6, 6.07) is 5.95. The normalized spacial score (nSPS) is 17.0. The van der Waals surface area contributed by atoms with Gasteiger partial charge in [-0.05, 0) is 49.1 Å². The van der Waals surface area contributed by atoms with E-state index in [1.165, 1.54) is 11.9 Å². The first kappa shape index (κ1) is 17.1. The summed E-state index contributed by atoms with van der Waals surface area (Å²) in [5, 5.41) is 2.91. The second-order valence-corrected chi connectivity index (χ2v) is 6.46. The zero-order valence-electron chi connectivity index (χ0n) is 14.5. The molecule has 0 unspecified atom stereocenters. The van der Waals surface area contributed by atoms with Gasteiger partial charge in [-0.15, -0.1) is 0 Å². The quantitative estimate of drug-likeness (QED) is 0.902. The minimum Gasteiger partial charge on any atom is -0.355 e. The molecule has 1 atom stereocenters. The van der Waals surface area contributed by atoms with Crippen molar-refractivity contribution in [3.05, 3.63) is 53.6 Å².